The summed E-state index contributed by atoms with van der Waals surface area (Å²) < 4.78 is 11.2. The molecule has 0 atom stereocenters. The van der Waals surface area contributed by atoms with Crippen molar-refractivity contribution >= 4 is 29.9 Å². The highest BCUT2D eigenvalue weighted by atomic mass is 127. The zero-order valence-electron chi connectivity index (χ0n) is 18.6. The highest BCUT2D eigenvalue weighted by molar-refractivity contribution is 14.0. The molecule has 0 aromatic heterocycles. The average Bonchev–Trinajstić information content (AvgIpc) is 2.78. The van der Waals surface area contributed by atoms with Crippen molar-refractivity contribution in [1.82, 2.24) is 15.5 Å². The Kier molecular flexibility index (Phi) is 11.7. The van der Waals surface area contributed by atoms with Crippen LogP contribution in [0.2, 0.25) is 0 Å². The molecule has 0 radical (unpaired) electrons. The van der Waals surface area contributed by atoms with Crippen molar-refractivity contribution in [3.63, 3.8) is 0 Å². The minimum atomic E-state index is 0. The predicted octanol–water partition coefficient (Wildman–Crippen LogP) is 3.58. The summed E-state index contributed by atoms with van der Waals surface area (Å²) in [7, 11) is 0. The number of morpholine rings is 1. The molecule has 0 saturated carbocycles. The number of guanidine groups is 1. The largest absolute Gasteiger partial charge is 0.492 e. The standard InChI is InChI=1S/C24H34N4O2.HI/c1-3-25-24(26-12-15-30-23-10-4-20(2)5-11-23)27-18-21-6-8-22(9-7-21)19-28-13-16-29-17-14-28;/h4-11H,3,12-19H2,1-2H3,(H2,25,26,27);1H. The topological polar surface area (TPSA) is 58.1 Å². The van der Waals surface area contributed by atoms with Gasteiger partial charge in [0.1, 0.15) is 12.4 Å². The molecule has 0 amide bonds. The van der Waals surface area contributed by atoms with Crippen molar-refractivity contribution in [2.24, 2.45) is 4.99 Å². The Balaban J connectivity index is 0.00000341. The van der Waals surface area contributed by atoms with Gasteiger partial charge in [-0.25, -0.2) is 4.99 Å². The van der Waals surface area contributed by atoms with E-state index in [2.05, 4.69) is 65.8 Å². The minimum absolute atomic E-state index is 0. The molecule has 7 heteroatoms. The van der Waals surface area contributed by atoms with Gasteiger partial charge in [0.15, 0.2) is 5.96 Å². The summed E-state index contributed by atoms with van der Waals surface area (Å²) in [5.74, 6) is 1.70. The van der Waals surface area contributed by atoms with Gasteiger partial charge in [-0.2, -0.15) is 0 Å². The molecule has 1 heterocycles. The molecule has 0 bridgehead atoms. The van der Waals surface area contributed by atoms with E-state index in [0.29, 0.717) is 19.7 Å². The smallest absolute Gasteiger partial charge is 0.191 e. The van der Waals surface area contributed by atoms with Gasteiger partial charge in [-0.15, -0.1) is 24.0 Å². The second-order valence-electron chi connectivity index (χ2n) is 7.49. The lowest BCUT2D eigenvalue weighted by Gasteiger charge is -2.26. The van der Waals surface area contributed by atoms with E-state index in [0.717, 1.165) is 51.1 Å². The molecule has 2 N–H and O–H groups in total. The molecule has 1 aliphatic rings. The normalized spacial score (nSPS) is 14.6. The Morgan fingerprint density at radius 1 is 1.00 bits per heavy atom. The summed E-state index contributed by atoms with van der Waals surface area (Å²) >= 11 is 0. The number of aliphatic imine (C=N–C) groups is 1. The molecule has 3 rings (SSSR count). The third kappa shape index (κ3) is 9.45. The molecule has 2 aromatic carbocycles. The van der Waals surface area contributed by atoms with Crippen LogP contribution >= 0.6 is 24.0 Å². The number of nitrogens with zero attached hydrogens (tertiary/aromatic N) is 2. The lowest BCUT2D eigenvalue weighted by atomic mass is 10.1. The molecular formula is C24H35IN4O2. The molecule has 1 saturated heterocycles. The zero-order chi connectivity index (χ0) is 21.0. The first kappa shape index (κ1) is 25.4. The van der Waals surface area contributed by atoms with Gasteiger partial charge in [0, 0.05) is 26.2 Å². The summed E-state index contributed by atoms with van der Waals surface area (Å²) in [5.41, 5.74) is 3.77. The van der Waals surface area contributed by atoms with E-state index in [-0.39, 0.29) is 24.0 Å². The highest BCUT2D eigenvalue weighted by Crippen LogP contribution is 2.11. The number of halogens is 1. The van der Waals surface area contributed by atoms with Crippen LogP contribution in [0.3, 0.4) is 0 Å². The maximum absolute atomic E-state index is 5.77. The number of aryl methyl sites for hydroxylation is 1. The van der Waals surface area contributed by atoms with Gasteiger partial charge in [0.25, 0.3) is 0 Å². The van der Waals surface area contributed by atoms with Crippen molar-refractivity contribution in [3.8, 4) is 5.75 Å². The number of hydrogen-bond acceptors (Lipinski definition) is 4. The van der Waals surface area contributed by atoms with Crippen molar-refractivity contribution in [1.29, 1.82) is 0 Å². The van der Waals surface area contributed by atoms with Crippen molar-refractivity contribution < 1.29 is 9.47 Å². The van der Waals surface area contributed by atoms with E-state index in [1.807, 2.05) is 12.1 Å². The second kappa shape index (κ2) is 14.3. The van der Waals surface area contributed by atoms with Crippen molar-refractivity contribution in [2.45, 2.75) is 26.9 Å². The van der Waals surface area contributed by atoms with Gasteiger partial charge in [-0.1, -0.05) is 42.0 Å². The monoisotopic (exact) mass is 538 g/mol. The lowest BCUT2D eigenvalue weighted by molar-refractivity contribution is 0.0342. The first-order chi connectivity index (χ1) is 14.7. The average molecular weight is 538 g/mol. The van der Waals surface area contributed by atoms with Gasteiger partial charge in [0.05, 0.1) is 26.3 Å². The fourth-order valence-corrected chi connectivity index (χ4v) is 3.25. The maximum Gasteiger partial charge on any atom is 0.191 e. The van der Waals surface area contributed by atoms with E-state index >= 15 is 0 Å². The molecule has 0 aliphatic carbocycles. The fraction of sp³-hybridized carbons (Fsp3) is 0.458. The van der Waals surface area contributed by atoms with Gasteiger partial charge >= 0.3 is 0 Å². The SMILES string of the molecule is CCNC(=NCc1ccc(CN2CCOCC2)cc1)NCCOc1ccc(C)cc1.I. The molecule has 2 aromatic rings. The summed E-state index contributed by atoms with van der Waals surface area (Å²) in [6.45, 7) is 11.6. The van der Waals surface area contributed by atoms with Crippen LogP contribution in [-0.2, 0) is 17.8 Å². The molecule has 0 spiro atoms. The van der Waals surface area contributed by atoms with Crippen LogP contribution in [0.1, 0.15) is 23.6 Å². The number of rotatable bonds is 9. The van der Waals surface area contributed by atoms with Crippen LogP contribution in [-0.4, -0.2) is 56.9 Å². The van der Waals surface area contributed by atoms with Crippen LogP contribution < -0.4 is 15.4 Å². The van der Waals surface area contributed by atoms with Crippen molar-refractivity contribution in [3.05, 3.63) is 65.2 Å². The Hall–Kier alpha value is -1.84. The van der Waals surface area contributed by atoms with Gasteiger partial charge in [-0.3, -0.25) is 4.90 Å². The van der Waals surface area contributed by atoms with Gasteiger partial charge in [-0.05, 0) is 37.1 Å². The van der Waals surface area contributed by atoms with Crippen LogP contribution in [0.25, 0.3) is 0 Å². The van der Waals surface area contributed by atoms with E-state index in [1.165, 1.54) is 16.7 Å². The predicted molar refractivity (Wildman–Crippen MR) is 137 cm³/mol. The minimum Gasteiger partial charge on any atom is -0.492 e. The summed E-state index contributed by atoms with van der Waals surface area (Å²) in [5, 5.41) is 6.62. The molecule has 1 aliphatic heterocycles. The van der Waals surface area contributed by atoms with Crippen LogP contribution in [0, 0.1) is 6.92 Å². The first-order valence-corrected chi connectivity index (χ1v) is 10.8. The van der Waals surface area contributed by atoms with Crippen LogP contribution in [0.5, 0.6) is 5.75 Å². The zero-order valence-corrected chi connectivity index (χ0v) is 20.9. The van der Waals surface area contributed by atoms with E-state index in [9.17, 15) is 0 Å². The first-order valence-electron chi connectivity index (χ1n) is 10.8. The highest BCUT2D eigenvalue weighted by Gasteiger charge is 2.10. The van der Waals surface area contributed by atoms with Gasteiger partial charge in [0.2, 0.25) is 0 Å². The number of ether oxygens (including phenoxy) is 2. The Morgan fingerprint density at radius 3 is 2.35 bits per heavy atom. The number of nitrogens with one attached hydrogen (secondary N) is 2. The second-order valence-corrected chi connectivity index (χ2v) is 7.49. The third-order valence-electron chi connectivity index (χ3n) is 4.98. The van der Waals surface area contributed by atoms with E-state index in [1.54, 1.807) is 0 Å². The van der Waals surface area contributed by atoms with Crippen LogP contribution in [0.15, 0.2) is 53.5 Å². The molecule has 1 fully saturated rings. The maximum atomic E-state index is 5.77. The summed E-state index contributed by atoms with van der Waals surface area (Å²) in [6, 6.07) is 16.9. The number of hydrogen-bond donors (Lipinski definition) is 2. The Morgan fingerprint density at radius 2 is 1.68 bits per heavy atom. The fourth-order valence-electron chi connectivity index (χ4n) is 3.25. The Labute approximate surface area is 203 Å². The van der Waals surface area contributed by atoms with Crippen molar-refractivity contribution in [2.75, 3.05) is 46.0 Å². The van der Waals surface area contributed by atoms with Gasteiger partial charge < -0.3 is 20.1 Å². The molecule has 170 valence electrons. The molecule has 6 nitrogen and oxygen atoms in total. The summed E-state index contributed by atoms with van der Waals surface area (Å²) in [6.07, 6.45) is 0. The quantitative estimate of drug-likeness (QED) is 0.221. The Bertz CT molecular complexity index is 775. The van der Waals surface area contributed by atoms with Crippen LogP contribution in [0.4, 0.5) is 0 Å². The summed E-state index contributed by atoms with van der Waals surface area (Å²) in [4.78, 5) is 7.13. The lowest BCUT2D eigenvalue weighted by Crippen LogP contribution is -2.39. The van der Waals surface area contributed by atoms with E-state index < -0.39 is 0 Å². The third-order valence-corrected chi connectivity index (χ3v) is 4.98. The molecular weight excluding hydrogens is 503 g/mol. The number of benzene rings is 2. The molecule has 0 unspecified atom stereocenters. The van der Waals surface area contributed by atoms with E-state index in [4.69, 9.17) is 14.5 Å². The molecule has 31 heavy (non-hydrogen) atoms.